The molecular weight excluding hydrogens is 355 g/mol. The molecule has 24 heavy (non-hydrogen) atoms. The van der Waals surface area contributed by atoms with Crippen molar-refractivity contribution in [3.8, 4) is 0 Å². The Bertz CT molecular complexity index is 743. The molecule has 3 rings (SSSR count). The fourth-order valence-electron chi connectivity index (χ4n) is 2.60. The average molecular weight is 377 g/mol. The maximum absolute atomic E-state index is 2.40. The van der Waals surface area contributed by atoms with Gasteiger partial charge >= 0.3 is 151 Å². The van der Waals surface area contributed by atoms with Gasteiger partial charge in [0, 0.05) is 0 Å². The molecule has 0 fully saturated rings. The first-order valence-electron chi connectivity index (χ1n) is 8.31. The van der Waals surface area contributed by atoms with E-state index in [-0.39, 0.29) is 0 Å². The molecule has 0 aromatic heterocycles. The fraction of sp³-hybridized carbons (Fsp3) is 0.130. The minimum absolute atomic E-state index is 0.316. The van der Waals surface area contributed by atoms with E-state index in [1.54, 1.807) is 0 Å². The summed E-state index contributed by atoms with van der Waals surface area (Å²) in [5.74, 6) is 0.589. The zero-order valence-electron chi connectivity index (χ0n) is 14.1. The van der Waals surface area contributed by atoms with Crippen LogP contribution in [0, 0.1) is 0 Å². The van der Waals surface area contributed by atoms with E-state index in [1.807, 2.05) is 0 Å². The van der Waals surface area contributed by atoms with E-state index in [4.69, 9.17) is 0 Å². The number of hydrogen-bond donors (Lipinski definition) is 0. The van der Waals surface area contributed by atoms with E-state index >= 15 is 0 Å². The van der Waals surface area contributed by atoms with Gasteiger partial charge in [0.05, 0.1) is 0 Å². The number of hydrogen-bond acceptors (Lipinski definition) is 0. The van der Waals surface area contributed by atoms with Gasteiger partial charge in [-0.15, -0.1) is 0 Å². The Labute approximate surface area is 151 Å². The van der Waals surface area contributed by atoms with Gasteiger partial charge in [0.2, 0.25) is 0 Å². The summed E-state index contributed by atoms with van der Waals surface area (Å²) in [6.07, 6.45) is 0. The molecule has 0 saturated heterocycles. The summed E-state index contributed by atoms with van der Waals surface area (Å²) >= 11 is 0.316. The Balaban J connectivity index is 1.90. The number of benzene rings is 3. The van der Waals surface area contributed by atoms with Crippen LogP contribution in [0.5, 0.6) is 0 Å². The molecule has 3 aromatic rings. The summed E-state index contributed by atoms with van der Waals surface area (Å²) in [6, 6.07) is 30.4. The fourth-order valence-corrected chi connectivity index (χ4v) is 4.32. The second kappa shape index (κ2) is 8.15. The Morgan fingerprint density at radius 1 is 0.708 bits per heavy atom. The maximum atomic E-state index is 2.40. The van der Waals surface area contributed by atoms with Crippen LogP contribution in [0.25, 0.3) is 5.57 Å². The van der Waals surface area contributed by atoms with Crippen molar-refractivity contribution < 1.29 is 0 Å². The summed E-state index contributed by atoms with van der Waals surface area (Å²) in [4.78, 5) is 2.40. The van der Waals surface area contributed by atoms with Crippen LogP contribution >= 0.6 is 0 Å². The molecule has 0 radical (unpaired) electrons. The summed E-state index contributed by atoms with van der Waals surface area (Å²) in [6.45, 7) is 4.48. The van der Waals surface area contributed by atoms with Gasteiger partial charge in [-0.2, -0.15) is 0 Å². The average Bonchev–Trinajstić information content (AvgIpc) is 2.64. The minimum atomic E-state index is 0.316. The molecule has 0 saturated carbocycles. The topological polar surface area (TPSA) is 0 Å². The van der Waals surface area contributed by atoms with Gasteiger partial charge in [-0.1, -0.05) is 0 Å². The quantitative estimate of drug-likeness (QED) is 0.534. The van der Waals surface area contributed by atoms with Gasteiger partial charge in [-0.25, -0.2) is 0 Å². The van der Waals surface area contributed by atoms with E-state index in [0.29, 0.717) is 20.9 Å². The van der Waals surface area contributed by atoms with Gasteiger partial charge in [-0.05, 0) is 0 Å². The zero-order chi connectivity index (χ0) is 16.8. The van der Waals surface area contributed by atoms with Crippen molar-refractivity contribution in [2.75, 3.05) is 0 Å². The van der Waals surface area contributed by atoms with Gasteiger partial charge < -0.3 is 0 Å². The van der Waals surface area contributed by atoms with Crippen molar-refractivity contribution in [3.05, 3.63) is 107 Å². The molecule has 0 bridgehead atoms. The first-order chi connectivity index (χ1) is 11.7. The first-order valence-corrected chi connectivity index (χ1v) is 10.2. The number of rotatable bonds is 5. The Morgan fingerprint density at radius 2 is 1.21 bits per heavy atom. The Hall–Kier alpha value is -2.08. The van der Waals surface area contributed by atoms with Crippen molar-refractivity contribution in [2.24, 2.45) is 0 Å². The van der Waals surface area contributed by atoms with Gasteiger partial charge in [-0.3, -0.25) is 0 Å². The van der Waals surface area contributed by atoms with Crippen LogP contribution in [0.15, 0.2) is 89.9 Å². The second-order valence-electron chi connectivity index (χ2n) is 6.11. The van der Waals surface area contributed by atoms with Crippen molar-refractivity contribution in [1.82, 2.24) is 0 Å². The third kappa shape index (κ3) is 4.26. The van der Waals surface area contributed by atoms with E-state index in [2.05, 4.69) is 104 Å². The van der Waals surface area contributed by atoms with Crippen molar-refractivity contribution in [2.45, 2.75) is 19.8 Å². The molecule has 0 heterocycles. The molecule has 0 atom stereocenters. The van der Waals surface area contributed by atoms with Crippen LogP contribution in [0.2, 0.25) is 0 Å². The third-order valence-electron chi connectivity index (χ3n) is 4.03. The summed E-state index contributed by atoms with van der Waals surface area (Å²) in [5, 5.41) is 0. The second-order valence-corrected chi connectivity index (χ2v) is 8.08. The first kappa shape index (κ1) is 16.8. The van der Waals surface area contributed by atoms with Gasteiger partial charge in [0.15, 0.2) is 0 Å². The normalized spacial score (nSPS) is 10.6. The van der Waals surface area contributed by atoms with Crippen molar-refractivity contribution in [3.63, 3.8) is 0 Å². The van der Waals surface area contributed by atoms with Crippen molar-refractivity contribution in [1.29, 1.82) is 0 Å². The van der Waals surface area contributed by atoms with Crippen LogP contribution in [0.3, 0.4) is 0 Å². The zero-order valence-corrected chi connectivity index (χ0v) is 15.9. The molecule has 3 aromatic carbocycles. The molecule has 0 nitrogen and oxygen atoms in total. The predicted octanol–water partition coefficient (Wildman–Crippen LogP) is 5.23. The molecule has 120 valence electrons. The molecular formula is C23H22Se. The van der Waals surface area contributed by atoms with Crippen LogP contribution in [0.4, 0.5) is 0 Å². The van der Waals surface area contributed by atoms with E-state index in [0.717, 1.165) is 0 Å². The molecule has 0 unspecified atom stereocenters. The third-order valence-corrected chi connectivity index (χ3v) is 5.91. The summed E-state index contributed by atoms with van der Waals surface area (Å²) in [5.41, 5.74) is 5.29. The molecule has 0 spiro atoms. The van der Waals surface area contributed by atoms with Crippen LogP contribution in [-0.4, -0.2) is 15.0 Å². The van der Waals surface area contributed by atoms with E-state index in [1.165, 1.54) is 26.7 Å². The van der Waals surface area contributed by atoms with Crippen LogP contribution < -0.4 is 4.46 Å². The SMILES string of the molecule is CC(C)c1ccc([Se]C=C(c2ccccc2)c2ccccc2)cc1. The standard InChI is InChI=1S/C23H22Se/c1-18(2)19-13-15-22(16-14-19)24-17-23(20-9-5-3-6-10-20)21-11-7-4-8-12-21/h3-18H,1-2H3. The van der Waals surface area contributed by atoms with Gasteiger partial charge in [0.1, 0.15) is 0 Å². The van der Waals surface area contributed by atoms with E-state index in [9.17, 15) is 0 Å². The molecule has 0 aliphatic heterocycles. The molecule has 0 N–H and O–H groups in total. The molecule has 1 heteroatoms. The van der Waals surface area contributed by atoms with Crippen LogP contribution in [-0.2, 0) is 0 Å². The Morgan fingerprint density at radius 3 is 1.67 bits per heavy atom. The summed E-state index contributed by atoms with van der Waals surface area (Å²) < 4.78 is 1.41. The monoisotopic (exact) mass is 378 g/mol. The van der Waals surface area contributed by atoms with Crippen LogP contribution in [0.1, 0.15) is 36.5 Å². The molecule has 0 aliphatic carbocycles. The Kier molecular flexibility index (Phi) is 5.69. The summed E-state index contributed by atoms with van der Waals surface area (Å²) in [7, 11) is 0. The molecule has 0 aliphatic rings. The van der Waals surface area contributed by atoms with Crippen molar-refractivity contribution >= 4 is 25.0 Å². The van der Waals surface area contributed by atoms with E-state index < -0.39 is 0 Å². The predicted molar refractivity (Wildman–Crippen MR) is 106 cm³/mol. The molecule has 0 amide bonds. The van der Waals surface area contributed by atoms with Gasteiger partial charge in [0.25, 0.3) is 0 Å².